The van der Waals surface area contributed by atoms with Gasteiger partial charge in [-0.15, -0.1) is 0 Å². The molecule has 0 amide bonds. The number of aliphatic hydroxyl groups is 1. The fourth-order valence-electron chi connectivity index (χ4n) is 1.90. The van der Waals surface area contributed by atoms with Crippen molar-refractivity contribution in [3.05, 3.63) is 59.6 Å². The summed E-state index contributed by atoms with van der Waals surface area (Å²) < 4.78 is 31.4. The average molecular weight is 253 g/mol. The minimum Gasteiger partial charge on any atom is -0.472 e. The molecule has 2 unspecified atom stereocenters. The molecule has 0 saturated heterocycles. The van der Waals surface area contributed by atoms with Crippen molar-refractivity contribution in [2.24, 2.45) is 5.73 Å². The van der Waals surface area contributed by atoms with Gasteiger partial charge in [-0.2, -0.15) is 0 Å². The van der Waals surface area contributed by atoms with Crippen molar-refractivity contribution in [3.63, 3.8) is 0 Å². The van der Waals surface area contributed by atoms with E-state index in [0.29, 0.717) is 5.56 Å². The van der Waals surface area contributed by atoms with Crippen LogP contribution in [-0.4, -0.2) is 11.7 Å². The smallest absolute Gasteiger partial charge is 0.129 e. The molecule has 0 aliphatic rings. The number of nitrogens with two attached hydrogens (primary N) is 1. The van der Waals surface area contributed by atoms with E-state index in [9.17, 15) is 13.9 Å². The maximum Gasteiger partial charge on any atom is 0.129 e. The maximum absolute atomic E-state index is 13.7. The van der Waals surface area contributed by atoms with Crippen LogP contribution in [-0.2, 0) is 0 Å². The molecule has 0 fully saturated rings. The van der Waals surface area contributed by atoms with Crippen LogP contribution < -0.4 is 5.73 Å². The first-order chi connectivity index (χ1) is 8.63. The molecule has 0 spiro atoms. The van der Waals surface area contributed by atoms with Gasteiger partial charge in [0.05, 0.1) is 18.6 Å². The second-order valence-electron chi connectivity index (χ2n) is 4.01. The first kappa shape index (κ1) is 12.7. The Kier molecular flexibility index (Phi) is 3.74. The van der Waals surface area contributed by atoms with Gasteiger partial charge in [0, 0.05) is 24.1 Å². The SMILES string of the molecule is NCC(c1ccc(F)cc1F)C(O)c1ccoc1. The number of benzene rings is 1. The maximum atomic E-state index is 13.7. The number of hydrogen-bond donors (Lipinski definition) is 2. The van der Waals surface area contributed by atoms with Crippen LogP contribution in [0.1, 0.15) is 23.1 Å². The van der Waals surface area contributed by atoms with Crippen LogP contribution in [0.25, 0.3) is 0 Å². The highest BCUT2D eigenvalue weighted by Crippen LogP contribution is 2.32. The van der Waals surface area contributed by atoms with E-state index in [1.807, 2.05) is 0 Å². The molecule has 18 heavy (non-hydrogen) atoms. The lowest BCUT2D eigenvalue weighted by atomic mass is 9.90. The van der Waals surface area contributed by atoms with Gasteiger partial charge in [-0.1, -0.05) is 6.07 Å². The minimum atomic E-state index is -0.992. The molecule has 2 atom stereocenters. The lowest BCUT2D eigenvalue weighted by Crippen LogP contribution is -2.21. The van der Waals surface area contributed by atoms with Crippen molar-refractivity contribution in [1.82, 2.24) is 0 Å². The third-order valence-electron chi connectivity index (χ3n) is 2.88. The van der Waals surface area contributed by atoms with Crippen LogP contribution in [0.15, 0.2) is 41.2 Å². The molecule has 0 saturated carbocycles. The molecule has 3 N–H and O–H groups in total. The molecule has 0 bridgehead atoms. The molecule has 96 valence electrons. The normalized spacial score (nSPS) is 14.4. The van der Waals surface area contributed by atoms with Gasteiger partial charge in [0.25, 0.3) is 0 Å². The Hall–Kier alpha value is -1.72. The van der Waals surface area contributed by atoms with Crippen LogP contribution >= 0.6 is 0 Å². The van der Waals surface area contributed by atoms with Crippen molar-refractivity contribution in [2.45, 2.75) is 12.0 Å². The Morgan fingerprint density at radius 2 is 2.06 bits per heavy atom. The summed E-state index contributed by atoms with van der Waals surface area (Å²) in [7, 11) is 0. The van der Waals surface area contributed by atoms with Gasteiger partial charge in [0.15, 0.2) is 0 Å². The summed E-state index contributed by atoms with van der Waals surface area (Å²) >= 11 is 0. The zero-order chi connectivity index (χ0) is 13.1. The summed E-state index contributed by atoms with van der Waals surface area (Å²) in [6.07, 6.45) is 1.79. The summed E-state index contributed by atoms with van der Waals surface area (Å²) in [6.45, 7) is 0.0366. The zero-order valence-electron chi connectivity index (χ0n) is 9.51. The lowest BCUT2D eigenvalue weighted by molar-refractivity contribution is 0.145. The van der Waals surface area contributed by atoms with Gasteiger partial charge >= 0.3 is 0 Å². The molecule has 0 aliphatic carbocycles. The van der Waals surface area contributed by atoms with Gasteiger partial charge in [0.2, 0.25) is 0 Å². The fourth-order valence-corrected chi connectivity index (χ4v) is 1.90. The largest absolute Gasteiger partial charge is 0.472 e. The predicted octanol–water partition coefficient (Wildman–Crippen LogP) is 2.33. The highest BCUT2D eigenvalue weighted by molar-refractivity contribution is 5.27. The molecule has 2 rings (SSSR count). The Labute approximate surface area is 103 Å². The minimum absolute atomic E-state index is 0.0366. The van der Waals surface area contributed by atoms with Crippen molar-refractivity contribution in [3.8, 4) is 0 Å². The number of aliphatic hydroxyl groups excluding tert-OH is 1. The van der Waals surface area contributed by atoms with E-state index in [4.69, 9.17) is 10.2 Å². The Morgan fingerprint density at radius 3 is 2.61 bits per heavy atom. The van der Waals surface area contributed by atoms with E-state index in [0.717, 1.165) is 12.1 Å². The first-order valence-electron chi connectivity index (χ1n) is 5.48. The highest BCUT2D eigenvalue weighted by Gasteiger charge is 2.25. The van der Waals surface area contributed by atoms with Crippen molar-refractivity contribution in [2.75, 3.05) is 6.54 Å². The third kappa shape index (κ3) is 2.42. The summed E-state index contributed by atoms with van der Waals surface area (Å²) in [5.74, 6) is -2.03. The highest BCUT2D eigenvalue weighted by atomic mass is 19.1. The van der Waals surface area contributed by atoms with Gasteiger partial charge in [-0.3, -0.25) is 0 Å². The molecule has 0 radical (unpaired) electrons. The van der Waals surface area contributed by atoms with Crippen LogP contribution in [0, 0.1) is 11.6 Å². The van der Waals surface area contributed by atoms with Crippen molar-refractivity contribution < 1.29 is 18.3 Å². The van der Waals surface area contributed by atoms with E-state index in [2.05, 4.69) is 0 Å². The summed E-state index contributed by atoms with van der Waals surface area (Å²) in [5, 5.41) is 10.1. The Balaban J connectivity index is 2.33. The molecule has 1 heterocycles. The molecule has 1 aromatic carbocycles. The number of rotatable bonds is 4. The number of hydrogen-bond acceptors (Lipinski definition) is 3. The van der Waals surface area contributed by atoms with Gasteiger partial charge in [-0.25, -0.2) is 8.78 Å². The van der Waals surface area contributed by atoms with Gasteiger partial charge < -0.3 is 15.3 Å². The van der Waals surface area contributed by atoms with E-state index in [1.165, 1.54) is 18.6 Å². The van der Waals surface area contributed by atoms with Crippen LogP contribution in [0.5, 0.6) is 0 Å². The van der Waals surface area contributed by atoms with Crippen LogP contribution in [0.2, 0.25) is 0 Å². The van der Waals surface area contributed by atoms with E-state index in [-0.39, 0.29) is 12.1 Å². The Bertz CT molecular complexity index is 514. The summed E-state index contributed by atoms with van der Waals surface area (Å²) in [6, 6.07) is 4.80. The van der Waals surface area contributed by atoms with E-state index in [1.54, 1.807) is 6.07 Å². The van der Waals surface area contributed by atoms with Crippen LogP contribution in [0.3, 0.4) is 0 Å². The van der Waals surface area contributed by atoms with Crippen LogP contribution in [0.4, 0.5) is 8.78 Å². The van der Waals surface area contributed by atoms with E-state index >= 15 is 0 Å². The second-order valence-corrected chi connectivity index (χ2v) is 4.01. The van der Waals surface area contributed by atoms with Crippen molar-refractivity contribution in [1.29, 1.82) is 0 Å². The van der Waals surface area contributed by atoms with E-state index < -0.39 is 23.7 Å². The lowest BCUT2D eigenvalue weighted by Gasteiger charge is -2.21. The number of halogens is 2. The number of furan rings is 1. The quantitative estimate of drug-likeness (QED) is 0.879. The second kappa shape index (κ2) is 5.29. The van der Waals surface area contributed by atoms with Gasteiger partial charge in [-0.05, 0) is 17.7 Å². The van der Waals surface area contributed by atoms with Crippen molar-refractivity contribution >= 4 is 0 Å². The molecule has 2 aromatic rings. The predicted molar refractivity (Wildman–Crippen MR) is 61.8 cm³/mol. The monoisotopic (exact) mass is 253 g/mol. The average Bonchev–Trinajstić information content (AvgIpc) is 2.86. The molecule has 5 heteroatoms. The summed E-state index contributed by atoms with van der Waals surface area (Å²) in [4.78, 5) is 0. The Morgan fingerprint density at radius 1 is 1.28 bits per heavy atom. The molecule has 0 aliphatic heterocycles. The summed E-state index contributed by atoms with van der Waals surface area (Å²) in [5.41, 5.74) is 6.26. The molecular formula is C13H13F2NO2. The molecule has 3 nitrogen and oxygen atoms in total. The fraction of sp³-hybridized carbons (Fsp3) is 0.231. The third-order valence-corrected chi connectivity index (χ3v) is 2.88. The zero-order valence-corrected chi connectivity index (χ0v) is 9.51. The standard InChI is InChI=1S/C13H13F2NO2/c14-9-1-2-10(12(15)5-9)11(6-16)13(17)8-3-4-18-7-8/h1-5,7,11,13,17H,6,16H2. The van der Waals surface area contributed by atoms with Gasteiger partial charge in [0.1, 0.15) is 11.6 Å². The molecular weight excluding hydrogens is 240 g/mol. The first-order valence-corrected chi connectivity index (χ1v) is 5.48. The molecule has 1 aromatic heterocycles. The topological polar surface area (TPSA) is 59.4 Å².